The van der Waals surface area contributed by atoms with Crippen LogP contribution in [0.3, 0.4) is 0 Å². The van der Waals surface area contributed by atoms with Gasteiger partial charge in [-0.05, 0) is 36.3 Å². The molecule has 0 spiro atoms. The summed E-state index contributed by atoms with van der Waals surface area (Å²) in [7, 11) is 0. The van der Waals surface area contributed by atoms with Crippen LogP contribution in [-0.2, 0) is 0 Å². The first-order valence-corrected chi connectivity index (χ1v) is 7.99. The molecule has 0 aliphatic heterocycles. The van der Waals surface area contributed by atoms with E-state index in [0.717, 1.165) is 24.5 Å². The van der Waals surface area contributed by atoms with Crippen molar-refractivity contribution in [3.63, 3.8) is 0 Å². The van der Waals surface area contributed by atoms with Gasteiger partial charge in [-0.25, -0.2) is 0 Å². The van der Waals surface area contributed by atoms with Gasteiger partial charge in [0.25, 0.3) is 0 Å². The van der Waals surface area contributed by atoms with Crippen LogP contribution in [-0.4, -0.2) is 18.1 Å². The molecule has 0 aromatic heterocycles. The van der Waals surface area contributed by atoms with Crippen molar-refractivity contribution in [2.45, 2.75) is 39.2 Å². The molecule has 0 fully saturated rings. The van der Waals surface area contributed by atoms with E-state index in [2.05, 4.69) is 26.0 Å². The average molecular weight is 267 g/mol. The highest BCUT2D eigenvalue weighted by Crippen LogP contribution is 2.20. The molecule has 0 amide bonds. The minimum absolute atomic E-state index is 0.132. The molecule has 3 heteroatoms. The maximum absolute atomic E-state index is 6.17. The van der Waals surface area contributed by atoms with E-state index in [0.29, 0.717) is 0 Å². The van der Waals surface area contributed by atoms with Crippen LogP contribution in [0.5, 0.6) is 5.75 Å². The molecule has 1 aromatic rings. The second-order valence-electron chi connectivity index (χ2n) is 4.45. The zero-order chi connectivity index (χ0) is 13.2. The maximum atomic E-state index is 6.17. The molecule has 1 aromatic carbocycles. The molecule has 0 saturated heterocycles. The molecule has 2 nitrogen and oxygen atoms in total. The number of benzene rings is 1. The van der Waals surface area contributed by atoms with Gasteiger partial charge < -0.3 is 10.5 Å². The highest BCUT2D eigenvalue weighted by Gasteiger charge is 2.06. The minimum Gasteiger partial charge on any atom is -0.494 e. The fraction of sp³-hybridized carbons (Fsp3) is 0.600. The third-order valence-corrected chi connectivity index (χ3v) is 3.89. The van der Waals surface area contributed by atoms with Crippen LogP contribution in [0.2, 0.25) is 0 Å². The molecular formula is C15H25NOS. The van der Waals surface area contributed by atoms with Crippen LogP contribution in [0.15, 0.2) is 24.3 Å². The summed E-state index contributed by atoms with van der Waals surface area (Å²) in [5.41, 5.74) is 7.36. The number of unbranched alkanes of at least 4 members (excludes halogenated alkanes) is 1. The van der Waals surface area contributed by atoms with E-state index in [1.807, 2.05) is 23.9 Å². The lowest BCUT2D eigenvalue weighted by Gasteiger charge is -2.12. The van der Waals surface area contributed by atoms with Gasteiger partial charge in [0, 0.05) is 11.8 Å². The number of hydrogen-bond acceptors (Lipinski definition) is 3. The van der Waals surface area contributed by atoms with Crippen molar-refractivity contribution in [2.24, 2.45) is 5.73 Å². The van der Waals surface area contributed by atoms with E-state index in [9.17, 15) is 0 Å². The summed E-state index contributed by atoms with van der Waals surface area (Å²) >= 11 is 1.94. The van der Waals surface area contributed by atoms with Crippen molar-refractivity contribution in [3.05, 3.63) is 29.8 Å². The molecule has 102 valence electrons. The molecule has 1 atom stereocenters. The van der Waals surface area contributed by atoms with Gasteiger partial charge in [0.2, 0.25) is 0 Å². The summed E-state index contributed by atoms with van der Waals surface area (Å²) < 4.78 is 5.56. The summed E-state index contributed by atoms with van der Waals surface area (Å²) in [4.78, 5) is 0. The highest BCUT2D eigenvalue weighted by molar-refractivity contribution is 7.99. The van der Waals surface area contributed by atoms with Gasteiger partial charge in [-0.15, -0.1) is 0 Å². The Bertz CT molecular complexity index is 313. The number of rotatable bonds is 9. The van der Waals surface area contributed by atoms with Crippen molar-refractivity contribution in [1.82, 2.24) is 0 Å². The van der Waals surface area contributed by atoms with E-state index < -0.39 is 0 Å². The molecule has 0 bridgehead atoms. The Morgan fingerprint density at radius 1 is 1.17 bits per heavy atom. The largest absolute Gasteiger partial charge is 0.494 e. The Morgan fingerprint density at radius 2 is 1.89 bits per heavy atom. The van der Waals surface area contributed by atoms with Gasteiger partial charge in [0.15, 0.2) is 0 Å². The van der Waals surface area contributed by atoms with Crippen LogP contribution in [0.4, 0.5) is 0 Å². The van der Waals surface area contributed by atoms with Crippen LogP contribution < -0.4 is 10.5 Å². The summed E-state index contributed by atoms with van der Waals surface area (Å²) in [5.74, 6) is 3.14. The summed E-state index contributed by atoms with van der Waals surface area (Å²) in [6.07, 6.45) is 3.57. The number of nitrogens with two attached hydrogens (primary N) is 1. The predicted molar refractivity (Wildman–Crippen MR) is 81.4 cm³/mol. The lowest BCUT2D eigenvalue weighted by molar-refractivity contribution is 0.317. The Labute approximate surface area is 115 Å². The lowest BCUT2D eigenvalue weighted by atomic mass is 10.1. The Balaban J connectivity index is 2.36. The highest BCUT2D eigenvalue weighted by atomic mass is 32.2. The second-order valence-corrected chi connectivity index (χ2v) is 5.60. The van der Waals surface area contributed by atoms with E-state index in [-0.39, 0.29) is 6.04 Å². The van der Waals surface area contributed by atoms with Crippen molar-refractivity contribution in [3.8, 4) is 5.75 Å². The van der Waals surface area contributed by atoms with Crippen molar-refractivity contribution in [2.75, 3.05) is 18.1 Å². The first-order valence-electron chi connectivity index (χ1n) is 6.84. The maximum Gasteiger partial charge on any atom is 0.119 e. The van der Waals surface area contributed by atoms with E-state index in [4.69, 9.17) is 10.5 Å². The zero-order valence-corrected chi connectivity index (χ0v) is 12.3. The van der Waals surface area contributed by atoms with Gasteiger partial charge in [-0.2, -0.15) is 11.8 Å². The van der Waals surface area contributed by atoms with Crippen LogP contribution in [0.1, 0.15) is 44.7 Å². The predicted octanol–water partition coefficient (Wildman–Crippen LogP) is 4.01. The van der Waals surface area contributed by atoms with Crippen LogP contribution >= 0.6 is 11.8 Å². The van der Waals surface area contributed by atoms with E-state index in [1.165, 1.54) is 24.2 Å². The Hall–Kier alpha value is -0.670. The summed E-state index contributed by atoms with van der Waals surface area (Å²) in [6, 6.07) is 8.32. The molecule has 0 aliphatic rings. The number of hydrogen-bond donors (Lipinski definition) is 1. The molecule has 0 saturated carbocycles. The molecular weight excluding hydrogens is 242 g/mol. The number of thioether (sulfide) groups is 1. The summed E-state index contributed by atoms with van der Waals surface area (Å²) in [6.45, 7) is 5.10. The third-order valence-electron chi connectivity index (χ3n) is 2.72. The quantitative estimate of drug-likeness (QED) is 0.687. The van der Waals surface area contributed by atoms with Gasteiger partial charge in [-0.1, -0.05) is 32.4 Å². The smallest absolute Gasteiger partial charge is 0.119 e. The fourth-order valence-electron chi connectivity index (χ4n) is 1.58. The fourth-order valence-corrected chi connectivity index (χ4v) is 2.69. The first-order chi connectivity index (χ1) is 8.77. The third kappa shape index (κ3) is 5.78. The van der Waals surface area contributed by atoms with Gasteiger partial charge in [0.05, 0.1) is 6.61 Å². The normalized spacial score (nSPS) is 12.4. The van der Waals surface area contributed by atoms with E-state index in [1.54, 1.807) is 0 Å². The lowest BCUT2D eigenvalue weighted by Crippen LogP contribution is -2.13. The zero-order valence-electron chi connectivity index (χ0n) is 11.5. The standard InChI is InChI=1S/C15H25NOS/c1-3-5-11-18-12-15(16)13-6-8-14(9-7-13)17-10-4-2/h6-9,15H,3-5,10-12,16H2,1-2H3. The molecule has 0 heterocycles. The molecule has 1 rings (SSSR count). The van der Waals surface area contributed by atoms with Crippen molar-refractivity contribution >= 4 is 11.8 Å². The molecule has 2 N–H and O–H groups in total. The second kappa shape index (κ2) is 9.29. The SMILES string of the molecule is CCCCSCC(N)c1ccc(OCCC)cc1. The van der Waals surface area contributed by atoms with Crippen LogP contribution in [0, 0.1) is 0 Å². The van der Waals surface area contributed by atoms with Gasteiger partial charge in [0.1, 0.15) is 5.75 Å². The molecule has 0 radical (unpaired) electrons. The molecule has 1 unspecified atom stereocenters. The Kier molecular flexibility index (Phi) is 7.94. The molecule has 18 heavy (non-hydrogen) atoms. The van der Waals surface area contributed by atoms with E-state index >= 15 is 0 Å². The first kappa shape index (κ1) is 15.4. The topological polar surface area (TPSA) is 35.2 Å². The molecule has 0 aliphatic carbocycles. The van der Waals surface area contributed by atoms with Crippen molar-refractivity contribution in [1.29, 1.82) is 0 Å². The average Bonchev–Trinajstić information content (AvgIpc) is 2.41. The van der Waals surface area contributed by atoms with Gasteiger partial charge >= 0.3 is 0 Å². The van der Waals surface area contributed by atoms with Crippen LogP contribution in [0.25, 0.3) is 0 Å². The monoisotopic (exact) mass is 267 g/mol. The van der Waals surface area contributed by atoms with Crippen molar-refractivity contribution < 1.29 is 4.74 Å². The Morgan fingerprint density at radius 3 is 2.50 bits per heavy atom. The van der Waals surface area contributed by atoms with Gasteiger partial charge in [-0.3, -0.25) is 0 Å². The number of ether oxygens (including phenoxy) is 1. The summed E-state index contributed by atoms with van der Waals surface area (Å²) in [5, 5.41) is 0. The minimum atomic E-state index is 0.132.